The third-order valence-corrected chi connectivity index (χ3v) is 3.55. The van der Waals surface area contributed by atoms with Gasteiger partial charge in [0.15, 0.2) is 12.0 Å². The van der Waals surface area contributed by atoms with Crippen LogP contribution in [0.25, 0.3) is 11.1 Å². The summed E-state index contributed by atoms with van der Waals surface area (Å²) in [5.41, 5.74) is 5.13. The van der Waals surface area contributed by atoms with E-state index in [1.165, 1.54) is 6.39 Å². The number of hydrogen-bond acceptors (Lipinski definition) is 4. The predicted octanol–water partition coefficient (Wildman–Crippen LogP) is 3.23. The van der Waals surface area contributed by atoms with Crippen molar-refractivity contribution in [3.63, 3.8) is 0 Å². The molecule has 0 unspecified atom stereocenters. The van der Waals surface area contributed by atoms with Crippen LogP contribution in [0.15, 0.2) is 35.2 Å². The molecule has 5 nitrogen and oxygen atoms in total. The van der Waals surface area contributed by atoms with Crippen molar-refractivity contribution in [2.45, 2.75) is 20.3 Å². The molecule has 0 aliphatic rings. The Morgan fingerprint density at radius 3 is 3.05 bits per heavy atom. The first kappa shape index (κ1) is 13.4. The molecule has 0 radical (unpaired) electrons. The number of aromatic nitrogens is 2. The Hall–Kier alpha value is -2.56. The molecule has 2 heterocycles. The Morgan fingerprint density at radius 2 is 2.24 bits per heavy atom. The molecule has 0 saturated heterocycles. The quantitative estimate of drug-likeness (QED) is 0.747. The Morgan fingerprint density at radius 1 is 1.38 bits per heavy atom. The lowest BCUT2D eigenvalue weighted by Crippen LogP contribution is -2.06. The first-order valence-corrected chi connectivity index (χ1v) is 6.85. The van der Waals surface area contributed by atoms with Crippen LogP contribution in [-0.4, -0.2) is 22.5 Å². The van der Waals surface area contributed by atoms with Gasteiger partial charge in [-0.15, -0.1) is 0 Å². The maximum atomic E-state index is 11.8. The molecule has 108 valence electrons. The van der Waals surface area contributed by atoms with Gasteiger partial charge in [0.05, 0.1) is 6.61 Å². The van der Waals surface area contributed by atoms with Gasteiger partial charge in [0, 0.05) is 18.2 Å². The Balaban J connectivity index is 1.92. The van der Waals surface area contributed by atoms with E-state index in [1.54, 1.807) is 6.92 Å². The van der Waals surface area contributed by atoms with E-state index in [0.29, 0.717) is 18.7 Å². The molecular formula is C16H16N2O3. The van der Waals surface area contributed by atoms with Crippen molar-refractivity contribution >= 4 is 17.1 Å². The second-order valence-corrected chi connectivity index (χ2v) is 4.83. The number of nitrogens with one attached hydrogen (secondary N) is 1. The molecule has 3 rings (SSSR count). The first-order chi connectivity index (χ1) is 10.2. The van der Waals surface area contributed by atoms with Gasteiger partial charge in [0.1, 0.15) is 11.2 Å². The van der Waals surface area contributed by atoms with Crippen LogP contribution in [0.4, 0.5) is 0 Å². The molecule has 0 amide bonds. The number of para-hydroxylation sites is 1. The number of H-pyrrole nitrogens is 1. The predicted molar refractivity (Wildman–Crippen MR) is 78.3 cm³/mol. The summed E-state index contributed by atoms with van der Waals surface area (Å²) in [6.07, 6.45) is 3.97. The highest BCUT2D eigenvalue weighted by Crippen LogP contribution is 2.23. The van der Waals surface area contributed by atoms with Crippen LogP contribution >= 0.6 is 0 Å². The highest BCUT2D eigenvalue weighted by Gasteiger charge is 2.16. The van der Waals surface area contributed by atoms with Crippen molar-refractivity contribution in [1.82, 2.24) is 9.97 Å². The number of fused-ring (bicyclic) bond motifs is 1. The van der Waals surface area contributed by atoms with E-state index in [2.05, 4.69) is 9.97 Å². The fourth-order valence-corrected chi connectivity index (χ4v) is 2.42. The van der Waals surface area contributed by atoms with Gasteiger partial charge < -0.3 is 14.1 Å². The monoisotopic (exact) mass is 284 g/mol. The van der Waals surface area contributed by atoms with E-state index >= 15 is 0 Å². The lowest BCUT2D eigenvalue weighted by atomic mass is 10.0. The molecule has 2 aromatic heterocycles. The fraction of sp³-hybridized carbons (Fsp3) is 0.250. The summed E-state index contributed by atoms with van der Waals surface area (Å²) in [7, 11) is 0. The van der Waals surface area contributed by atoms with Crippen LogP contribution in [0.2, 0.25) is 0 Å². The van der Waals surface area contributed by atoms with E-state index in [9.17, 15) is 4.79 Å². The highest BCUT2D eigenvalue weighted by molar-refractivity contribution is 5.89. The van der Waals surface area contributed by atoms with Gasteiger partial charge in [-0.2, -0.15) is 0 Å². The summed E-state index contributed by atoms with van der Waals surface area (Å²) in [4.78, 5) is 19.0. The minimum atomic E-state index is -0.320. The van der Waals surface area contributed by atoms with Crippen molar-refractivity contribution in [3.8, 4) is 0 Å². The molecule has 21 heavy (non-hydrogen) atoms. The van der Waals surface area contributed by atoms with Gasteiger partial charge in [0.2, 0.25) is 0 Å². The molecule has 1 aromatic carbocycles. The summed E-state index contributed by atoms with van der Waals surface area (Å²) in [6, 6.07) is 5.87. The number of carbonyl (C=O) groups excluding carboxylic acids is 1. The number of oxazole rings is 1. The number of benzene rings is 1. The number of aromatic amines is 1. The summed E-state index contributed by atoms with van der Waals surface area (Å²) in [5.74, 6) is -0.320. The maximum Gasteiger partial charge on any atom is 0.355 e. The highest BCUT2D eigenvalue weighted by atomic mass is 16.5. The number of ether oxygens (including phenoxy) is 1. The summed E-state index contributed by atoms with van der Waals surface area (Å²) < 4.78 is 10.5. The van der Waals surface area contributed by atoms with Crippen molar-refractivity contribution in [2.75, 3.05) is 6.61 Å². The molecule has 0 bridgehead atoms. The Bertz CT molecular complexity index is 786. The van der Waals surface area contributed by atoms with Gasteiger partial charge in [0.25, 0.3) is 0 Å². The van der Waals surface area contributed by atoms with Crippen LogP contribution < -0.4 is 0 Å². The molecule has 0 spiro atoms. The zero-order valence-electron chi connectivity index (χ0n) is 12.0. The molecule has 1 N–H and O–H groups in total. The third kappa shape index (κ3) is 2.42. The minimum Gasteiger partial charge on any atom is -0.461 e. The zero-order valence-corrected chi connectivity index (χ0v) is 12.0. The summed E-state index contributed by atoms with van der Waals surface area (Å²) in [6.45, 7) is 4.07. The molecule has 0 aliphatic heterocycles. The second kappa shape index (κ2) is 5.44. The average Bonchev–Trinajstić information content (AvgIpc) is 3.07. The topological polar surface area (TPSA) is 68.1 Å². The number of carbonyl (C=O) groups is 1. The summed E-state index contributed by atoms with van der Waals surface area (Å²) in [5, 5.41) is 0. The van der Waals surface area contributed by atoms with Gasteiger partial charge in [-0.05, 0) is 31.0 Å². The molecular weight excluding hydrogens is 268 g/mol. The third-order valence-electron chi connectivity index (χ3n) is 3.55. The lowest BCUT2D eigenvalue weighted by molar-refractivity contribution is 0.0519. The lowest BCUT2D eigenvalue weighted by Gasteiger charge is -2.03. The maximum absolute atomic E-state index is 11.8. The van der Waals surface area contributed by atoms with Crippen molar-refractivity contribution < 1.29 is 13.9 Å². The average molecular weight is 284 g/mol. The number of nitrogens with zero attached hydrogens (tertiary/aromatic N) is 1. The minimum absolute atomic E-state index is 0.320. The van der Waals surface area contributed by atoms with Gasteiger partial charge in [-0.3, -0.25) is 0 Å². The largest absolute Gasteiger partial charge is 0.461 e. The van der Waals surface area contributed by atoms with E-state index in [1.807, 2.05) is 31.3 Å². The molecule has 3 aromatic rings. The molecule has 5 heteroatoms. The smallest absolute Gasteiger partial charge is 0.355 e. The van der Waals surface area contributed by atoms with E-state index in [4.69, 9.17) is 9.15 Å². The van der Waals surface area contributed by atoms with Crippen LogP contribution in [0.1, 0.15) is 34.1 Å². The number of hydrogen-bond donors (Lipinski definition) is 1. The fourth-order valence-electron chi connectivity index (χ4n) is 2.42. The van der Waals surface area contributed by atoms with E-state index in [-0.39, 0.29) is 5.97 Å². The standard InChI is InChI=1S/C16H16N2O3/c1-3-20-16(19)14-10(2)12(8-17-14)7-11-5-4-6-13-15(11)21-9-18-13/h4-6,8-9,17H,3,7H2,1-2H3. The van der Waals surface area contributed by atoms with E-state index in [0.717, 1.165) is 27.8 Å². The zero-order chi connectivity index (χ0) is 14.8. The van der Waals surface area contributed by atoms with Gasteiger partial charge >= 0.3 is 5.97 Å². The van der Waals surface area contributed by atoms with Crippen molar-refractivity contribution in [3.05, 3.63) is 53.2 Å². The number of rotatable bonds is 4. The van der Waals surface area contributed by atoms with Gasteiger partial charge in [-0.25, -0.2) is 9.78 Å². The molecule has 0 atom stereocenters. The Kier molecular flexibility index (Phi) is 3.48. The number of esters is 1. The molecule has 0 saturated carbocycles. The summed E-state index contributed by atoms with van der Waals surface area (Å²) >= 11 is 0. The van der Waals surface area contributed by atoms with Crippen molar-refractivity contribution in [1.29, 1.82) is 0 Å². The second-order valence-electron chi connectivity index (χ2n) is 4.83. The van der Waals surface area contributed by atoms with Crippen LogP contribution in [0.3, 0.4) is 0 Å². The molecule has 0 aliphatic carbocycles. The van der Waals surface area contributed by atoms with Crippen LogP contribution in [0.5, 0.6) is 0 Å². The van der Waals surface area contributed by atoms with E-state index < -0.39 is 0 Å². The molecule has 0 fully saturated rings. The Labute approximate surface area is 121 Å². The first-order valence-electron chi connectivity index (χ1n) is 6.85. The SMILES string of the molecule is CCOC(=O)c1[nH]cc(Cc2cccc3ncoc23)c1C. The van der Waals surface area contributed by atoms with Gasteiger partial charge in [-0.1, -0.05) is 12.1 Å². The van der Waals surface area contributed by atoms with Crippen molar-refractivity contribution in [2.24, 2.45) is 0 Å². The normalized spacial score (nSPS) is 11.0. The van der Waals surface area contributed by atoms with Crippen LogP contribution in [0, 0.1) is 6.92 Å². The van der Waals surface area contributed by atoms with Crippen LogP contribution in [-0.2, 0) is 11.2 Å².